The first-order chi connectivity index (χ1) is 16.5. The smallest absolute Gasteiger partial charge is 0.275 e. The van der Waals surface area contributed by atoms with Crippen molar-refractivity contribution < 1.29 is 9.90 Å². The highest BCUT2D eigenvalue weighted by Gasteiger charge is 2.37. The molecule has 1 saturated carbocycles. The van der Waals surface area contributed by atoms with Gasteiger partial charge in [0, 0.05) is 29.6 Å². The Morgan fingerprint density at radius 2 is 1.88 bits per heavy atom. The number of carbonyl (C=O) groups is 1. The molecule has 1 amide bonds. The molecule has 0 radical (unpaired) electrons. The predicted octanol–water partition coefficient (Wildman–Crippen LogP) is 4.04. The number of para-hydroxylation sites is 1. The van der Waals surface area contributed by atoms with Gasteiger partial charge in [0.25, 0.3) is 11.3 Å². The van der Waals surface area contributed by atoms with Crippen molar-refractivity contribution in [3.8, 4) is 16.9 Å². The maximum atomic E-state index is 12.2. The zero-order valence-corrected chi connectivity index (χ0v) is 19.0. The second-order valence-corrected chi connectivity index (χ2v) is 8.95. The second kappa shape index (κ2) is 8.74. The van der Waals surface area contributed by atoms with E-state index in [2.05, 4.69) is 51.8 Å². The summed E-state index contributed by atoms with van der Waals surface area (Å²) < 4.78 is 1.54. The number of aromatic hydroxyl groups is 1. The zero-order valence-electron chi connectivity index (χ0n) is 19.0. The first kappa shape index (κ1) is 21.8. The van der Waals surface area contributed by atoms with Gasteiger partial charge in [-0.3, -0.25) is 19.3 Å². The van der Waals surface area contributed by atoms with E-state index < -0.39 is 17.1 Å². The van der Waals surface area contributed by atoms with Gasteiger partial charge in [0.2, 0.25) is 0 Å². The summed E-state index contributed by atoms with van der Waals surface area (Å²) in [6.45, 7) is 0.463. The van der Waals surface area contributed by atoms with Crippen molar-refractivity contribution in [2.45, 2.75) is 37.6 Å². The molecule has 2 aromatic carbocycles. The van der Waals surface area contributed by atoms with E-state index >= 15 is 0 Å². The summed E-state index contributed by atoms with van der Waals surface area (Å²) in [7, 11) is 1.43. The van der Waals surface area contributed by atoms with E-state index in [1.54, 1.807) is 0 Å². The molecule has 0 unspecified atom stereocenters. The third-order valence-corrected chi connectivity index (χ3v) is 6.81. The number of benzene rings is 2. The van der Waals surface area contributed by atoms with Gasteiger partial charge >= 0.3 is 0 Å². The number of carbonyl (C=O) groups excluding carboxylic acids is 1. The quantitative estimate of drug-likeness (QED) is 0.474. The molecule has 0 saturated heterocycles. The van der Waals surface area contributed by atoms with Gasteiger partial charge in [-0.05, 0) is 36.1 Å². The molecule has 172 valence electrons. The molecule has 0 spiro atoms. The van der Waals surface area contributed by atoms with Gasteiger partial charge in [-0.1, -0.05) is 55.3 Å². The lowest BCUT2D eigenvalue weighted by Gasteiger charge is -2.31. The van der Waals surface area contributed by atoms with Crippen LogP contribution in [0, 0.1) is 0 Å². The highest BCUT2D eigenvalue weighted by atomic mass is 16.3. The molecular weight excluding hydrogens is 428 g/mol. The predicted molar refractivity (Wildman–Crippen MR) is 131 cm³/mol. The number of hydrogen-bond acceptors (Lipinski definition) is 5. The highest BCUT2D eigenvalue weighted by molar-refractivity contribution is 5.92. The van der Waals surface area contributed by atoms with Gasteiger partial charge in [0.05, 0.1) is 18.3 Å². The van der Waals surface area contributed by atoms with Crippen LogP contribution in [0.4, 0.5) is 0 Å². The van der Waals surface area contributed by atoms with Crippen molar-refractivity contribution in [2.24, 2.45) is 0 Å². The van der Waals surface area contributed by atoms with E-state index in [0.29, 0.717) is 6.54 Å². The Morgan fingerprint density at radius 1 is 1.09 bits per heavy atom. The van der Waals surface area contributed by atoms with Crippen molar-refractivity contribution in [1.29, 1.82) is 0 Å². The number of nitrogens with zero attached hydrogens (tertiary/aromatic N) is 3. The van der Waals surface area contributed by atoms with E-state index in [4.69, 9.17) is 0 Å². The molecule has 0 aliphatic heterocycles. The van der Waals surface area contributed by atoms with E-state index in [9.17, 15) is 14.7 Å². The summed E-state index contributed by atoms with van der Waals surface area (Å²) in [5.74, 6) is -1.08. The Morgan fingerprint density at radius 3 is 2.68 bits per heavy atom. The van der Waals surface area contributed by atoms with Crippen molar-refractivity contribution in [2.75, 3.05) is 7.05 Å². The summed E-state index contributed by atoms with van der Waals surface area (Å²) in [4.78, 5) is 28.9. The van der Waals surface area contributed by atoms with Crippen LogP contribution < -0.4 is 10.7 Å². The van der Waals surface area contributed by atoms with Crippen molar-refractivity contribution in [3.05, 3.63) is 88.5 Å². The number of nitrogens with one attached hydrogen (secondary N) is 1. The van der Waals surface area contributed by atoms with Crippen LogP contribution >= 0.6 is 0 Å². The number of pyridine rings is 1. The molecule has 1 fully saturated rings. The third-order valence-electron chi connectivity index (χ3n) is 6.81. The minimum atomic E-state index is -0.762. The van der Waals surface area contributed by atoms with Crippen LogP contribution in [0.2, 0.25) is 0 Å². The van der Waals surface area contributed by atoms with Crippen LogP contribution in [-0.4, -0.2) is 32.8 Å². The first-order valence-electron chi connectivity index (χ1n) is 11.5. The van der Waals surface area contributed by atoms with E-state index in [0.717, 1.165) is 47.7 Å². The fourth-order valence-electron chi connectivity index (χ4n) is 5.03. The zero-order chi connectivity index (χ0) is 23.7. The third kappa shape index (κ3) is 3.94. The van der Waals surface area contributed by atoms with Crippen LogP contribution in [0.15, 0.2) is 71.8 Å². The molecule has 2 heterocycles. The normalized spacial score (nSPS) is 14.9. The molecule has 2 N–H and O–H groups in total. The first-order valence-corrected chi connectivity index (χ1v) is 11.5. The standard InChI is InChI=1S/C27H26N4O3/c1-28-26(34)24-25(33)23(32)16-31(30-24)17-27(11-4-5-12-27)21-9-6-8-18(14-21)20-13-19-7-2-3-10-22(19)29-15-20/h2-3,6-10,13-16,32H,4-5,11-12,17H2,1H3,(H,28,34). The molecule has 4 aromatic rings. The van der Waals surface area contributed by atoms with E-state index in [1.807, 2.05) is 24.4 Å². The Balaban J connectivity index is 1.54. The minimum absolute atomic E-state index is 0.214. The topological polar surface area (TPSA) is 97.1 Å². The van der Waals surface area contributed by atoms with Crippen molar-refractivity contribution in [1.82, 2.24) is 20.1 Å². The van der Waals surface area contributed by atoms with Crippen molar-refractivity contribution >= 4 is 16.8 Å². The maximum Gasteiger partial charge on any atom is 0.275 e. The van der Waals surface area contributed by atoms with Gasteiger partial charge in [-0.15, -0.1) is 0 Å². The van der Waals surface area contributed by atoms with Gasteiger partial charge in [-0.25, -0.2) is 0 Å². The van der Waals surface area contributed by atoms with Crippen LogP contribution in [0.5, 0.6) is 5.75 Å². The van der Waals surface area contributed by atoms with Gasteiger partial charge in [0.15, 0.2) is 11.4 Å². The molecule has 0 bridgehead atoms. The second-order valence-electron chi connectivity index (χ2n) is 8.95. The molecule has 7 heteroatoms. The fourth-order valence-corrected chi connectivity index (χ4v) is 5.03. The lowest BCUT2D eigenvalue weighted by Crippen LogP contribution is -2.33. The summed E-state index contributed by atoms with van der Waals surface area (Å²) in [5.41, 5.74) is 3.00. The van der Waals surface area contributed by atoms with Crippen LogP contribution in [0.1, 0.15) is 41.7 Å². The van der Waals surface area contributed by atoms with Gasteiger partial charge < -0.3 is 10.4 Å². The molecular formula is C27H26N4O3. The highest BCUT2D eigenvalue weighted by Crippen LogP contribution is 2.43. The van der Waals surface area contributed by atoms with Gasteiger partial charge in [0.1, 0.15) is 0 Å². The lowest BCUT2D eigenvalue weighted by atomic mass is 9.78. The van der Waals surface area contributed by atoms with Crippen molar-refractivity contribution in [3.63, 3.8) is 0 Å². The number of aromatic nitrogens is 3. The minimum Gasteiger partial charge on any atom is -0.503 e. The largest absolute Gasteiger partial charge is 0.503 e. The summed E-state index contributed by atoms with van der Waals surface area (Å²) in [5, 5.41) is 18.0. The molecule has 0 atom stereocenters. The van der Waals surface area contributed by atoms with Gasteiger partial charge in [-0.2, -0.15) is 5.10 Å². The number of fused-ring (bicyclic) bond motifs is 1. The molecule has 1 aliphatic carbocycles. The molecule has 1 aliphatic rings. The number of hydrogen-bond donors (Lipinski definition) is 2. The van der Waals surface area contributed by atoms with Crippen LogP contribution in [0.3, 0.4) is 0 Å². The number of rotatable bonds is 5. The van der Waals surface area contributed by atoms with E-state index in [-0.39, 0.29) is 11.1 Å². The fraction of sp³-hybridized carbons (Fsp3) is 0.259. The molecule has 7 nitrogen and oxygen atoms in total. The Kier molecular flexibility index (Phi) is 5.61. The summed E-state index contributed by atoms with van der Waals surface area (Å²) in [6, 6.07) is 18.7. The maximum absolute atomic E-state index is 12.2. The summed E-state index contributed by atoms with van der Waals surface area (Å²) >= 11 is 0. The van der Waals surface area contributed by atoms with Crippen LogP contribution in [0.25, 0.3) is 22.0 Å². The number of amides is 1. The molecule has 2 aromatic heterocycles. The average molecular weight is 455 g/mol. The lowest BCUT2D eigenvalue weighted by molar-refractivity contribution is 0.0953. The van der Waals surface area contributed by atoms with Crippen LogP contribution in [-0.2, 0) is 12.0 Å². The Labute approximate surface area is 197 Å². The SMILES string of the molecule is CNC(=O)c1nn(CC2(c3cccc(-c4cnc5ccccc5c4)c3)CCCC2)cc(O)c1=O. The monoisotopic (exact) mass is 454 g/mol. The molecule has 34 heavy (non-hydrogen) atoms. The average Bonchev–Trinajstić information content (AvgIpc) is 3.35. The molecule has 5 rings (SSSR count). The Hall–Kier alpha value is -4.00. The Bertz CT molecular complexity index is 1440. The van der Waals surface area contributed by atoms with E-state index in [1.165, 1.54) is 23.5 Å². The summed E-state index contributed by atoms with van der Waals surface area (Å²) in [6.07, 6.45) is 7.30.